The fraction of sp³-hybridized carbons (Fsp3) is 1.00. The van der Waals surface area contributed by atoms with Gasteiger partial charge in [0.25, 0.3) is 0 Å². The van der Waals surface area contributed by atoms with Gasteiger partial charge in [-0.3, -0.25) is 0 Å². The molecule has 0 aromatic carbocycles. The maximum Gasteiger partial charge on any atom is 0.0499 e. The molecule has 2 saturated heterocycles. The fourth-order valence-electron chi connectivity index (χ4n) is 5.01. The molecule has 0 amide bonds. The summed E-state index contributed by atoms with van der Waals surface area (Å²) in [6, 6.07) is 0.830. The van der Waals surface area contributed by atoms with Crippen LogP contribution in [0.25, 0.3) is 0 Å². The number of piperidine rings is 2. The highest BCUT2D eigenvalue weighted by molar-refractivity contribution is 4.92. The first-order valence-electron chi connectivity index (χ1n) is 8.76. The van der Waals surface area contributed by atoms with Gasteiger partial charge in [-0.1, -0.05) is 19.3 Å². The van der Waals surface area contributed by atoms with Crippen molar-refractivity contribution in [3.63, 3.8) is 0 Å². The lowest BCUT2D eigenvalue weighted by molar-refractivity contribution is -0.00769. The normalized spacial score (nSPS) is 35.7. The lowest BCUT2D eigenvalue weighted by Crippen LogP contribution is -2.54. The van der Waals surface area contributed by atoms with Crippen LogP contribution in [-0.2, 0) is 0 Å². The number of rotatable bonds is 3. The van der Waals surface area contributed by atoms with E-state index in [2.05, 4.69) is 16.8 Å². The summed E-state index contributed by atoms with van der Waals surface area (Å²) < 4.78 is 0. The van der Waals surface area contributed by atoms with Gasteiger partial charge in [-0.15, -0.1) is 0 Å². The summed E-state index contributed by atoms with van der Waals surface area (Å²) in [4.78, 5) is 5.27. The van der Waals surface area contributed by atoms with E-state index in [4.69, 9.17) is 0 Å². The summed E-state index contributed by atoms with van der Waals surface area (Å²) in [5.41, 5.74) is 0.228. The van der Waals surface area contributed by atoms with E-state index in [1.807, 2.05) is 0 Å². The molecule has 1 N–H and O–H groups in total. The molecule has 2 aliphatic heterocycles. The van der Waals surface area contributed by atoms with Crippen molar-refractivity contribution in [3.8, 4) is 0 Å². The molecule has 0 bridgehead atoms. The molecule has 0 spiro atoms. The van der Waals surface area contributed by atoms with Crippen molar-refractivity contribution in [1.82, 2.24) is 9.80 Å². The van der Waals surface area contributed by atoms with Crippen molar-refractivity contribution in [2.75, 3.05) is 39.8 Å². The van der Waals surface area contributed by atoms with Gasteiger partial charge < -0.3 is 14.9 Å². The van der Waals surface area contributed by atoms with Crippen molar-refractivity contribution in [2.45, 2.75) is 57.4 Å². The van der Waals surface area contributed by atoms with Crippen LogP contribution >= 0.6 is 0 Å². The molecule has 2 heterocycles. The molecule has 3 rings (SSSR count). The molecule has 3 fully saturated rings. The summed E-state index contributed by atoms with van der Waals surface area (Å²) in [6.07, 6.45) is 10.6. The van der Waals surface area contributed by atoms with Gasteiger partial charge in [-0.2, -0.15) is 0 Å². The number of hydrogen-bond acceptors (Lipinski definition) is 3. The van der Waals surface area contributed by atoms with Crippen molar-refractivity contribution in [3.05, 3.63) is 0 Å². The minimum Gasteiger partial charge on any atom is -0.396 e. The van der Waals surface area contributed by atoms with E-state index in [1.54, 1.807) is 0 Å². The molecule has 20 heavy (non-hydrogen) atoms. The quantitative estimate of drug-likeness (QED) is 0.859. The second kappa shape index (κ2) is 6.33. The monoisotopic (exact) mass is 280 g/mol. The molecule has 2 unspecified atom stereocenters. The van der Waals surface area contributed by atoms with Crippen molar-refractivity contribution < 1.29 is 5.11 Å². The van der Waals surface area contributed by atoms with Gasteiger partial charge in [-0.25, -0.2) is 0 Å². The van der Waals surface area contributed by atoms with Crippen LogP contribution in [-0.4, -0.2) is 60.8 Å². The van der Waals surface area contributed by atoms with Gasteiger partial charge in [-0.05, 0) is 58.2 Å². The number of hydrogen-bond donors (Lipinski definition) is 1. The molecular formula is C17H32N2O. The van der Waals surface area contributed by atoms with Gasteiger partial charge in [0.15, 0.2) is 0 Å². The van der Waals surface area contributed by atoms with Crippen molar-refractivity contribution in [2.24, 2.45) is 11.3 Å². The predicted octanol–water partition coefficient (Wildman–Crippen LogP) is 2.35. The lowest BCUT2D eigenvalue weighted by Gasteiger charge is -2.48. The second-order valence-electron chi connectivity index (χ2n) is 7.69. The third kappa shape index (κ3) is 3.05. The largest absolute Gasteiger partial charge is 0.396 e. The second-order valence-corrected chi connectivity index (χ2v) is 7.69. The molecule has 0 aromatic heterocycles. The summed E-state index contributed by atoms with van der Waals surface area (Å²) in [5, 5.41) is 9.91. The fourth-order valence-corrected chi connectivity index (χ4v) is 5.01. The van der Waals surface area contributed by atoms with Gasteiger partial charge in [0.2, 0.25) is 0 Å². The standard InChI is InChI=1S/C17H32N2O/c1-18-10-5-6-15-12-19(11-7-16(15)18)13-17(14-20)8-3-2-4-9-17/h15-16,20H,2-14H2,1H3. The molecular weight excluding hydrogens is 248 g/mol. The van der Waals surface area contributed by atoms with Crippen LogP contribution in [0.15, 0.2) is 0 Å². The zero-order chi connectivity index (χ0) is 14.0. The van der Waals surface area contributed by atoms with Crippen molar-refractivity contribution >= 4 is 0 Å². The van der Waals surface area contributed by atoms with Gasteiger partial charge in [0.1, 0.15) is 0 Å². The number of aliphatic hydroxyl groups is 1. The van der Waals surface area contributed by atoms with Crippen LogP contribution in [0.2, 0.25) is 0 Å². The molecule has 0 radical (unpaired) electrons. The first-order valence-corrected chi connectivity index (χ1v) is 8.76. The smallest absolute Gasteiger partial charge is 0.0499 e. The highest BCUT2D eigenvalue weighted by Gasteiger charge is 2.38. The average Bonchev–Trinajstić information content (AvgIpc) is 2.48. The Hall–Kier alpha value is -0.120. The third-order valence-corrected chi connectivity index (χ3v) is 6.24. The Morgan fingerprint density at radius 2 is 1.85 bits per heavy atom. The van der Waals surface area contributed by atoms with E-state index in [9.17, 15) is 5.11 Å². The van der Waals surface area contributed by atoms with E-state index in [-0.39, 0.29) is 5.41 Å². The number of aliphatic hydroxyl groups excluding tert-OH is 1. The minimum atomic E-state index is 0.228. The molecule has 116 valence electrons. The Morgan fingerprint density at radius 1 is 1.05 bits per heavy atom. The van der Waals surface area contributed by atoms with Gasteiger partial charge >= 0.3 is 0 Å². The number of likely N-dealkylation sites (tertiary alicyclic amines) is 2. The Labute approximate surface area is 124 Å². The zero-order valence-electron chi connectivity index (χ0n) is 13.2. The van der Waals surface area contributed by atoms with E-state index >= 15 is 0 Å². The van der Waals surface area contributed by atoms with E-state index in [0.717, 1.165) is 18.5 Å². The predicted molar refractivity (Wildman–Crippen MR) is 82.8 cm³/mol. The van der Waals surface area contributed by atoms with Gasteiger partial charge in [0, 0.05) is 31.2 Å². The van der Waals surface area contributed by atoms with E-state index < -0.39 is 0 Å². The van der Waals surface area contributed by atoms with Crippen LogP contribution in [0.4, 0.5) is 0 Å². The highest BCUT2D eigenvalue weighted by Crippen LogP contribution is 2.38. The van der Waals surface area contributed by atoms with Crippen LogP contribution in [0.3, 0.4) is 0 Å². The number of nitrogens with zero attached hydrogens (tertiary/aromatic N) is 2. The lowest BCUT2D eigenvalue weighted by atomic mass is 9.73. The third-order valence-electron chi connectivity index (χ3n) is 6.24. The Morgan fingerprint density at radius 3 is 2.60 bits per heavy atom. The molecule has 1 aliphatic carbocycles. The Balaban J connectivity index is 1.58. The molecule has 3 aliphatic rings. The van der Waals surface area contributed by atoms with Crippen LogP contribution in [0, 0.1) is 11.3 Å². The molecule has 3 heteroatoms. The first kappa shape index (κ1) is 14.8. The van der Waals surface area contributed by atoms with E-state index in [1.165, 1.54) is 71.0 Å². The SMILES string of the molecule is CN1CCCC2CN(CC3(CO)CCCCC3)CCC21. The first-order chi connectivity index (χ1) is 9.72. The summed E-state index contributed by atoms with van der Waals surface area (Å²) >= 11 is 0. The topological polar surface area (TPSA) is 26.7 Å². The molecule has 0 aromatic rings. The Bertz CT molecular complexity index is 314. The van der Waals surface area contributed by atoms with E-state index in [0.29, 0.717) is 6.61 Å². The summed E-state index contributed by atoms with van der Waals surface area (Å²) in [7, 11) is 2.31. The minimum absolute atomic E-state index is 0.228. The maximum atomic E-state index is 9.91. The van der Waals surface area contributed by atoms with Crippen LogP contribution in [0.1, 0.15) is 51.4 Å². The molecule has 2 atom stereocenters. The van der Waals surface area contributed by atoms with Crippen molar-refractivity contribution in [1.29, 1.82) is 0 Å². The molecule has 3 nitrogen and oxygen atoms in total. The summed E-state index contributed by atoms with van der Waals surface area (Å²) in [5.74, 6) is 0.877. The average molecular weight is 280 g/mol. The number of fused-ring (bicyclic) bond motifs is 1. The highest BCUT2D eigenvalue weighted by atomic mass is 16.3. The van der Waals surface area contributed by atoms with Crippen LogP contribution < -0.4 is 0 Å². The van der Waals surface area contributed by atoms with Crippen LogP contribution in [0.5, 0.6) is 0 Å². The van der Waals surface area contributed by atoms with Gasteiger partial charge in [0.05, 0.1) is 0 Å². The zero-order valence-corrected chi connectivity index (χ0v) is 13.2. The molecule has 1 saturated carbocycles. The summed E-state index contributed by atoms with van der Waals surface area (Å²) in [6.45, 7) is 5.36. The Kier molecular flexibility index (Phi) is 4.68. The maximum absolute atomic E-state index is 9.91.